The van der Waals surface area contributed by atoms with Crippen LogP contribution >= 0.6 is 11.3 Å². The first-order valence-electron chi connectivity index (χ1n) is 7.65. The van der Waals surface area contributed by atoms with Crippen LogP contribution in [0.4, 0.5) is 0 Å². The van der Waals surface area contributed by atoms with Crippen molar-refractivity contribution in [3.05, 3.63) is 46.7 Å². The second kappa shape index (κ2) is 6.11. The zero-order valence-corrected chi connectivity index (χ0v) is 13.0. The first-order valence-corrected chi connectivity index (χ1v) is 8.53. The summed E-state index contributed by atoms with van der Waals surface area (Å²) in [6.45, 7) is 4.51. The van der Waals surface area contributed by atoms with Gasteiger partial charge in [0.1, 0.15) is 0 Å². The van der Waals surface area contributed by atoms with Crippen molar-refractivity contribution in [1.82, 2.24) is 5.32 Å². The van der Waals surface area contributed by atoms with Crippen LogP contribution in [0, 0.1) is 5.41 Å². The average molecular weight is 285 g/mol. The van der Waals surface area contributed by atoms with E-state index in [0.29, 0.717) is 5.41 Å². The second-order valence-electron chi connectivity index (χ2n) is 6.02. The molecule has 1 fully saturated rings. The Bertz CT molecular complexity index is 540. The number of rotatable bonds is 7. The highest BCUT2D eigenvalue weighted by atomic mass is 32.1. The summed E-state index contributed by atoms with van der Waals surface area (Å²) in [5.41, 5.74) is 3.32. The molecule has 0 spiro atoms. The van der Waals surface area contributed by atoms with E-state index in [1.807, 2.05) is 11.3 Å². The van der Waals surface area contributed by atoms with Crippen LogP contribution in [0.25, 0.3) is 11.1 Å². The van der Waals surface area contributed by atoms with Gasteiger partial charge in [-0.1, -0.05) is 43.7 Å². The third-order valence-electron chi connectivity index (χ3n) is 4.30. The number of hydrogen-bond acceptors (Lipinski definition) is 2. The molecule has 1 aromatic carbocycles. The Morgan fingerprint density at radius 2 is 1.95 bits per heavy atom. The molecule has 0 bridgehead atoms. The molecular formula is C18H23NS. The summed E-state index contributed by atoms with van der Waals surface area (Å²) in [7, 11) is 0. The Balaban J connectivity index is 1.53. The molecule has 1 nitrogen and oxygen atoms in total. The molecule has 1 aliphatic carbocycles. The molecule has 106 valence electrons. The Kier molecular flexibility index (Phi) is 4.23. The number of benzene rings is 1. The highest BCUT2D eigenvalue weighted by Gasteiger charge is 2.40. The lowest BCUT2D eigenvalue weighted by Gasteiger charge is -2.14. The summed E-state index contributed by atoms with van der Waals surface area (Å²) in [5.74, 6) is 0. The largest absolute Gasteiger partial charge is 0.311 e. The van der Waals surface area contributed by atoms with Gasteiger partial charge < -0.3 is 5.32 Å². The lowest BCUT2D eigenvalue weighted by atomic mass is 10.0. The summed E-state index contributed by atoms with van der Waals surface area (Å²) in [5, 5.41) is 5.93. The van der Waals surface area contributed by atoms with Crippen molar-refractivity contribution >= 4 is 11.3 Å². The summed E-state index contributed by atoms with van der Waals surface area (Å²) in [6, 6.07) is 13.0. The molecular weight excluding hydrogens is 262 g/mol. The van der Waals surface area contributed by atoms with E-state index in [0.717, 1.165) is 6.54 Å². The molecule has 0 unspecified atom stereocenters. The Labute approximate surface area is 126 Å². The highest BCUT2D eigenvalue weighted by Crippen LogP contribution is 2.48. The molecule has 1 aliphatic rings. The van der Waals surface area contributed by atoms with Gasteiger partial charge in [-0.15, -0.1) is 11.3 Å². The third-order valence-corrected chi connectivity index (χ3v) is 5.23. The highest BCUT2D eigenvalue weighted by molar-refractivity contribution is 7.10. The van der Waals surface area contributed by atoms with Crippen molar-refractivity contribution in [3.63, 3.8) is 0 Å². The number of nitrogens with one attached hydrogen (secondary N) is 1. The fraction of sp³-hybridized carbons (Fsp3) is 0.444. The predicted molar refractivity (Wildman–Crippen MR) is 88.0 cm³/mol. The predicted octanol–water partition coefficient (Wildman–Crippen LogP) is 5.09. The summed E-state index contributed by atoms with van der Waals surface area (Å²) < 4.78 is 0. The fourth-order valence-electron chi connectivity index (χ4n) is 2.93. The first kappa shape index (κ1) is 13.8. The molecule has 3 rings (SSSR count). The lowest BCUT2D eigenvalue weighted by molar-refractivity contribution is 0.422. The maximum atomic E-state index is 3.66. The Morgan fingerprint density at radius 3 is 2.65 bits per heavy atom. The van der Waals surface area contributed by atoms with Crippen molar-refractivity contribution in [2.45, 2.75) is 39.2 Å². The molecule has 0 atom stereocenters. The van der Waals surface area contributed by atoms with Crippen LogP contribution in [-0.4, -0.2) is 6.54 Å². The minimum atomic E-state index is 0.647. The minimum Gasteiger partial charge on any atom is -0.311 e. The van der Waals surface area contributed by atoms with Crippen molar-refractivity contribution in [3.8, 4) is 11.1 Å². The zero-order chi connectivity index (χ0) is 13.8. The van der Waals surface area contributed by atoms with Gasteiger partial charge in [0, 0.05) is 18.0 Å². The van der Waals surface area contributed by atoms with E-state index in [1.54, 1.807) is 0 Å². The molecule has 1 N–H and O–H groups in total. The molecule has 2 aromatic rings. The monoisotopic (exact) mass is 285 g/mol. The zero-order valence-electron chi connectivity index (χ0n) is 12.2. The van der Waals surface area contributed by atoms with E-state index in [1.165, 1.54) is 48.2 Å². The van der Waals surface area contributed by atoms with Gasteiger partial charge in [-0.25, -0.2) is 0 Å². The van der Waals surface area contributed by atoms with Crippen LogP contribution in [0.2, 0.25) is 0 Å². The molecule has 1 heterocycles. The van der Waals surface area contributed by atoms with Crippen LogP contribution < -0.4 is 5.32 Å². The van der Waals surface area contributed by atoms with E-state index in [4.69, 9.17) is 0 Å². The Morgan fingerprint density at radius 1 is 1.15 bits per heavy atom. The van der Waals surface area contributed by atoms with Gasteiger partial charge in [0.05, 0.1) is 0 Å². The molecule has 1 aromatic heterocycles. The van der Waals surface area contributed by atoms with Crippen molar-refractivity contribution < 1.29 is 0 Å². The first-order chi connectivity index (χ1) is 9.81. The standard InChI is InChI=1S/C18H23NS/c1-2-8-18(9-10-18)14-19-12-17-11-16(13-20-17)15-6-4-3-5-7-15/h3-7,11,13,19H,2,8-10,12,14H2,1H3. The maximum Gasteiger partial charge on any atom is 0.0300 e. The van der Waals surface area contributed by atoms with E-state index >= 15 is 0 Å². The maximum absolute atomic E-state index is 3.66. The minimum absolute atomic E-state index is 0.647. The molecule has 0 amide bonds. The summed E-state index contributed by atoms with van der Waals surface area (Å²) >= 11 is 1.87. The molecule has 0 saturated heterocycles. The molecule has 20 heavy (non-hydrogen) atoms. The number of thiophene rings is 1. The van der Waals surface area contributed by atoms with Gasteiger partial charge in [-0.3, -0.25) is 0 Å². The quantitative estimate of drug-likeness (QED) is 0.747. The molecule has 0 radical (unpaired) electrons. The SMILES string of the molecule is CCCC1(CNCc2cc(-c3ccccc3)cs2)CC1. The van der Waals surface area contributed by atoms with Crippen LogP contribution in [0.1, 0.15) is 37.5 Å². The van der Waals surface area contributed by atoms with Crippen LogP contribution in [0.3, 0.4) is 0 Å². The van der Waals surface area contributed by atoms with Crippen LogP contribution in [0.5, 0.6) is 0 Å². The second-order valence-corrected chi connectivity index (χ2v) is 7.02. The van der Waals surface area contributed by atoms with Gasteiger partial charge in [0.15, 0.2) is 0 Å². The van der Waals surface area contributed by atoms with Crippen LogP contribution in [0.15, 0.2) is 41.8 Å². The third kappa shape index (κ3) is 3.31. The fourth-order valence-corrected chi connectivity index (χ4v) is 3.79. The molecule has 2 heteroatoms. The molecule has 1 saturated carbocycles. The van der Waals surface area contributed by atoms with E-state index in [-0.39, 0.29) is 0 Å². The van der Waals surface area contributed by atoms with Gasteiger partial charge in [-0.2, -0.15) is 0 Å². The number of hydrogen-bond donors (Lipinski definition) is 1. The smallest absolute Gasteiger partial charge is 0.0300 e. The topological polar surface area (TPSA) is 12.0 Å². The van der Waals surface area contributed by atoms with E-state index < -0.39 is 0 Å². The van der Waals surface area contributed by atoms with Gasteiger partial charge in [-0.05, 0) is 47.3 Å². The average Bonchev–Trinajstić information content (AvgIpc) is 3.07. The van der Waals surface area contributed by atoms with Crippen LogP contribution in [-0.2, 0) is 6.54 Å². The van der Waals surface area contributed by atoms with Gasteiger partial charge >= 0.3 is 0 Å². The van der Waals surface area contributed by atoms with Crippen molar-refractivity contribution in [2.24, 2.45) is 5.41 Å². The Hall–Kier alpha value is -1.12. The van der Waals surface area contributed by atoms with E-state index in [2.05, 4.69) is 54.0 Å². The normalized spacial score (nSPS) is 16.2. The summed E-state index contributed by atoms with van der Waals surface area (Å²) in [6.07, 6.45) is 5.56. The lowest BCUT2D eigenvalue weighted by Crippen LogP contribution is -2.23. The summed E-state index contributed by atoms with van der Waals surface area (Å²) in [4.78, 5) is 1.44. The van der Waals surface area contributed by atoms with Gasteiger partial charge in [0.2, 0.25) is 0 Å². The van der Waals surface area contributed by atoms with Crippen molar-refractivity contribution in [2.75, 3.05) is 6.54 Å². The van der Waals surface area contributed by atoms with E-state index in [9.17, 15) is 0 Å². The van der Waals surface area contributed by atoms with Crippen molar-refractivity contribution in [1.29, 1.82) is 0 Å². The molecule has 0 aliphatic heterocycles. The van der Waals surface area contributed by atoms with Gasteiger partial charge in [0.25, 0.3) is 0 Å².